The maximum absolute atomic E-state index is 5.39. The molecule has 0 saturated heterocycles. The quantitative estimate of drug-likeness (QED) is 0.750. The molecule has 0 unspecified atom stereocenters. The monoisotopic (exact) mass is 193 g/mol. The summed E-state index contributed by atoms with van der Waals surface area (Å²) >= 11 is 1.57. The fourth-order valence-electron chi connectivity index (χ4n) is 0.829. The summed E-state index contributed by atoms with van der Waals surface area (Å²) in [5, 5.41) is 5.94. The molecule has 0 fully saturated rings. The number of aromatic nitrogens is 3. The second-order valence-corrected chi connectivity index (χ2v) is 3.22. The van der Waals surface area contributed by atoms with Crippen LogP contribution in [0.3, 0.4) is 0 Å². The molecule has 2 rings (SSSR count). The number of rotatable bonds is 2. The molecule has 2 heterocycles. The first-order chi connectivity index (χ1) is 6.34. The third-order valence-electron chi connectivity index (χ3n) is 1.35. The van der Waals surface area contributed by atoms with E-state index in [1.165, 1.54) is 6.33 Å². The Morgan fingerprint density at radius 3 is 3.00 bits per heavy atom. The van der Waals surface area contributed by atoms with Gasteiger partial charge in [0.25, 0.3) is 0 Å². The Labute approximate surface area is 78.7 Å². The Morgan fingerprint density at radius 1 is 1.38 bits per heavy atom. The summed E-state index contributed by atoms with van der Waals surface area (Å²) in [5.74, 6) is 0.684. The fraction of sp³-hybridized carbons (Fsp3) is 0. The first kappa shape index (κ1) is 7.93. The first-order valence-electron chi connectivity index (χ1n) is 3.59. The number of nitrogens with one attached hydrogen (secondary N) is 1. The molecule has 3 N–H and O–H groups in total. The Hall–Kier alpha value is -1.69. The minimum Gasteiger partial charge on any atom is -0.368 e. The van der Waals surface area contributed by atoms with E-state index in [0.29, 0.717) is 5.95 Å². The van der Waals surface area contributed by atoms with Gasteiger partial charge >= 0.3 is 0 Å². The lowest BCUT2D eigenvalue weighted by Crippen LogP contribution is -2.00. The molecule has 6 heteroatoms. The molecule has 2 aromatic heterocycles. The van der Waals surface area contributed by atoms with Crippen molar-refractivity contribution in [2.24, 2.45) is 0 Å². The van der Waals surface area contributed by atoms with Crippen molar-refractivity contribution in [1.82, 2.24) is 15.0 Å². The van der Waals surface area contributed by atoms with Gasteiger partial charge in [0, 0.05) is 0 Å². The van der Waals surface area contributed by atoms with Crippen molar-refractivity contribution in [3.63, 3.8) is 0 Å². The summed E-state index contributed by atoms with van der Waals surface area (Å²) in [6.07, 6.45) is 1.37. The van der Waals surface area contributed by atoms with E-state index in [9.17, 15) is 0 Å². The number of thiophene rings is 1. The van der Waals surface area contributed by atoms with E-state index in [2.05, 4.69) is 20.3 Å². The summed E-state index contributed by atoms with van der Waals surface area (Å²) in [6.45, 7) is 0. The SMILES string of the molecule is Nc1ncnc(Nc2cccs2)n1. The van der Waals surface area contributed by atoms with Crippen LogP contribution in [-0.2, 0) is 0 Å². The Kier molecular flexibility index (Phi) is 2.05. The number of hydrogen-bond acceptors (Lipinski definition) is 6. The van der Waals surface area contributed by atoms with Gasteiger partial charge in [-0.15, -0.1) is 11.3 Å². The van der Waals surface area contributed by atoms with Gasteiger partial charge in [-0.25, -0.2) is 9.97 Å². The summed E-state index contributed by atoms with van der Waals surface area (Å²) < 4.78 is 0. The molecule has 13 heavy (non-hydrogen) atoms. The molecule has 0 amide bonds. The second-order valence-electron chi connectivity index (χ2n) is 2.27. The topological polar surface area (TPSA) is 76.7 Å². The van der Waals surface area contributed by atoms with Crippen LogP contribution in [0.15, 0.2) is 23.8 Å². The third-order valence-corrected chi connectivity index (χ3v) is 2.13. The van der Waals surface area contributed by atoms with Crippen LogP contribution in [0.4, 0.5) is 16.9 Å². The van der Waals surface area contributed by atoms with Crippen LogP contribution in [0.5, 0.6) is 0 Å². The molecule has 5 nitrogen and oxygen atoms in total. The van der Waals surface area contributed by atoms with E-state index < -0.39 is 0 Å². The maximum Gasteiger partial charge on any atom is 0.232 e. The van der Waals surface area contributed by atoms with Crippen molar-refractivity contribution in [2.45, 2.75) is 0 Å². The standard InChI is InChI=1S/C7H7N5S/c8-6-9-4-10-7(12-6)11-5-2-1-3-13-5/h1-4H,(H3,8,9,10,11,12). The number of nitrogen functional groups attached to an aromatic ring is 1. The van der Waals surface area contributed by atoms with Crippen LogP contribution in [0, 0.1) is 0 Å². The van der Waals surface area contributed by atoms with Crippen LogP contribution in [-0.4, -0.2) is 15.0 Å². The molecule has 0 radical (unpaired) electrons. The molecule has 0 aliphatic rings. The predicted octanol–water partition coefficient (Wildman–Crippen LogP) is 1.26. The van der Waals surface area contributed by atoms with Crippen molar-refractivity contribution < 1.29 is 0 Å². The zero-order valence-electron chi connectivity index (χ0n) is 6.64. The molecule has 0 bridgehead atoms. The van der Waals surface area contributed by atoms with Gasteiger partial charge in [-0.2, -0.15) is 4.98 Å². The first-order valence-corrected chi connectivity index (χ1v) is 4.47. The zero-order chi connectivity index (χ0) is 9.10. The number of nitrogens with zero attached hydrogens (tertiary/aromatic N) is 3. The largest absolute Gasteiger partial charge is 0.368 e. The molecule has 0 aliphatic carbocycles. The summed E-state index contributed by atoms with van der Waals surface area (Å²) in [5.41, 5.74) is 5.39. The van der Waals surface area contributed by atoms with Gasteiger partial charge < -0.3 is 11.1 Å². The zero-order valence-corrected chi connectivity index (χ0v) is 7.45. The molecular weight excluding hydrogens is 186 g/mol. The van der Waals surface area contributed by atoms with E-state index in [4.69, 9.17) is 5.73 Å². The van der Waals surface area contributed by atoms with E-state index in [1.54, 1.807) is 11.3 Å². The molecule has 0 aromatic carbocycles. The third kappa shape index (κ3) is 1.91. The molecule has 66 valence electrons. The lowest BCUT2D eigenvalue weighted by atomic mass is 10.6. The van der Waals surface area contributed by atoms with Crippen molar-refractivity contribution in [3.8, 4) is 0 Å². The molecule has 0 saturated carbocycles. The fourth-order valence-corrected chi connectivity index (χ4v) is 1.44. The molecule has 0 atom stereocenters. The van der Waals surface area contributed by atoms with Crippen molar-refractivity contribution in [1.29, 1.82) is 0 Å². The summed E-state index contributed by atoms with van der Waals surface area (Å²) in [7, 11) is 0. The van der Waals surface area contributed by atoms with Crippen LogP contribution in [0.1, 0.15) is 0 Å². The number of anilines is 3. The highest BCUT2D eigenvalue weighted by Gasteiger charge is 1.98. The lowest BCUT2D eigenvalue weighted by Gasteiger charge is -1.99. The summed E-state index contributed by atoms with van der Waals surface area (Å²) in [6, 6.07) is 3.88. The van der Waals surface area contributed by atoms with Gasteiger partial charge in [-0.3, -0.25) is 0 Å². The van der Waals surface area contributed by atoms with E-state index in [0.717, 1.165) is 5.00 Å². The average molecular weight is 193 g/mol. The van der Waals surface area contributed by atoms with Crippen LogP contribution < -0.4 is 11.1 Å². The molecular formula is C7H7N5S. The Morgan fingerprint density at radius 2 is 2.31 bits per heavy atom. The Balaban J connectivity index is 2.19. The predicted molar refractivity (Wildman–Crippen MR) is 51.8 cm³/mol. The average Bonchev–Trinajstić information content (AvgIpc) is 2.57. The van der Waals surface area contributed by atoms with Gasteiger partial charge in [-0.1, -0.05) is 0 Å². The molecule has 2 aromatic rings. The minimum atomic E-state index is 0.217. The maximum atomic E-state index is 5.39. The smallest absolute Gasteiger partial charge is 0.232 e. The van der Waals surface area contributed by atoms with Gasteiger partial charge in [0.2, 0.25) is 11.9 Å². The van der Waals surface area contributed by atoms with Crippen LogP contribution in [0.2, 0.25) is 0 Å². The van der Waals surface area contributed by atoms with Crippen molar-refractivity contribution in [3.05, 3.63) is 23.8 Å². The van der Waals surface area contributed by atoms with E-state index in [-0.39, 0.29) is 5.95 Å². The van der Waals surface area contributed by atoms with Crippen LogP contribution in [0.25, 0.3) is 0 Å². The van der Waals surface area contributed by atoms with E-state index >= 15 is 0 Å². The number of nitrogens with two attached hydrogens (primary N) is 1. The highest BCUT2D eigenvalue weighted by atomic mass is 32.1. The lowest BCUT2D eigenvalue weighted by molar-refractivity contribution is 1.07. The highest BCUT2D eigenvalue weighted by molar-refractivity contribution is 7.14. The van der Waals surface area contributed by atoms with Gasteiger partial charge in [0.05, 0.1) is 5.00 Å². The van der Waals surface area contributed by atoms with Crippen LogP contribution >= 0.6 is 11.3 Å². The molecule has 0 spiro atoms. The van der Waals surface area contributed by atoms with Crippen molar-refractivity contribution in [2.75, 3.05) is 11.1 Å². The van der Waals surface area contributed by atoms with E-state index in [1.807, 2.05) is 17.5 Å². The highest BCUT2D eigenvalue weighted by Crippen LogP contribution is 2.18. The number of hydrogen-bond donors (Lipinski definition) is 2. The summed E-state index contributed by atoms with van der Waals surface area (Å²) in [4.78, 5) is 11.5. The normalized spacial score (nSPS) is 9.85. The van der Waals surface area contributed by atoms with Gasteiger partial charge in [-0.05, 0) is 17.5 Å². The minimum absolute atomic E-state index is 0.217. The Bertz CT molecular complexity index is 386. The van der Waals surface area contributed by atoms with Gasteiger partial charge in [0.1, 0.15) is 6.33 Å². The molecule has 0 aliphatic heterocycles. The van der Waals surface area contributed by atoms with Gasteiger partial charge in [0.15, 0.2) is 0 Å². The van der Waals surface area contributed by atoms with Crippen molar-refractivity contribution >= 4 is 28.2 Å². The second kappa shape index (κ2) is 3.36.